The molecule has 1 aromatic heterocycles. The van der Waals surface area contributed by atoms with E-state index in [1.165, 1.54) is 6.07 Å². The Labute approximate surface area is 150 Å². The van der Waals surface area contributed by atoms with E-state index in [-0.39, 0.29) is 12.0 Å². The molecule has 0 spiro atoms. The lowest BCUT2D eigenvalue weighted by atomic mass is 9.95. The van der Waals surface area contributed by atoms with Crippen LogP contribution < -0.4 is 5.32 Å². The number of nitrogens with one attached hydrogen (secondary N) is 1. The Bertz CT molecular complexity index is 927. The maximum atomic E-state index is 12.9. The summed E-state index contributed by atoms with van der Waals surface area (Å²) in [6.07, 6.45) is -4.35. The molecule has 0 saturated carbocycles. The van der Waals surface area contributed by atoms with Crippen molar-refractivity contribution in [2.75, 3.05) is 5.32 Å². The van der Waals surface area contributed by atoms with Crippen LogP contribution in [0.25, 0.3) is 10.9 Å². The second-order valence-corrected chi connectivity index (χ2v) is 7.21. The van der Waals surface area contributed by atoms with Crippen LogP contribution >= 0.6 is 0 Å². The first-order valence-corrected chi connectivity index (χ1v) is 8.32. The third kappa shape index (κ3) is 3.95. The Morgan fingerprint density at radius 2 is 1.65 bits per heavy atom. The Morgan fingerprint density at radius 3 is 2.35 bits per heavy atom. The largest absolute Gasteiger partial charge is 0.416 e. The third-order valence-electron chi connectivity index (χ3n) is 3.99. The molecule has 0 aliphatic rings. The van der Waals surface area contributed by atoms with Gasteiger partial charge in [-0.2, -0.15) is 13.2 Å². The van der Waals surface area contributed by atoms with Gasteiger partial charge in [0.15, 0.2) is 0 Å². The molecule has 1 heterocycles. The Morgan fingerprint density at radius 1 is 0.923 bits per heavy atom. The van der Waals surface area contributed by atoms with Gasteiger partial charge in [-0.15, -0.1) is 0 Å². The van der Waals surface area contributed by atoms with E-state index in [9.17, 15) is 13.2 Å². The lowest BCUT2D eigenvalue weighted by Gasteiger charge is -2.19. The first-order chi connectivity index (χ1) is 12.1. The average Bonchev–Trinajstić information content (AvgIpc) is 2.58. The molecule has 6 heteroatoms. The summed E-state index contributed by atoms with van der Waals surface area (Å²) in [7, 11) is 0. The van der Waals surface area contributed by atoms with Crippen molar-refractivity contribution in [1.82, 2.24) is 9.97 Å². The van der Waals surface area contributed by atoms with Crippen molar-refractivity contribution in [3.05, 3.63) is 65.5 Å². The van der Waals surface area contributed by atoms with Gasteiger partial charge < -0.3 is 5.32 Å². The maximum Gasteiger partial charge on any atom is 0.416 e. The molecule has 0 radical (unpaired) electrons. The minimum absolute atomic E-state index is 0.239. The fraction of sp³-hybridized carbons (Fsp3) is 0.300. The number of para-hydroxylation sites is 1. The van der Waals surface area contributed by atoms with Crippen LogP contribution in [0.15, 0.2) is 48.5 Å². The van der Waals surface area contributed by atoms with Crippen LogP contribution in [0.2, 0.25) is 0 Å². The number of nitrogens with zero attached hydrogens (tertiary/aromatic N) is 2. The Hall–Kier alpha value is -2.63. The first-order valence-electron chi connectivity index (χ1n) is 8.32. The number of anilines is 1. The number of hydrogen-bond acceptors (Lipinski definition) is 3. The van der Waals surface area contributed by atoms with Crippen molar-refractivity contribution >= 4 is 16.7 Å². The van der Waals surface area contributed by atoms with Gasteiger partial charge >= 0.3 is 6.18 Å². The monoisotopic (exact) mass is 359 g/mol. The molecule has 3 rings (SSSR count). The summed E-state index contributed by atoms with van der Waals surface area (Å²) in [6.45, 7) is 6.31. The molecule has 0 bridgehead atoms. The van der Waals surface area contributed by atoms with E-state index in [4.69, 9.17) is 0 Å². The van der Waals surface area contributed by atoms with E-state index in [0.29, 0.717) is 17.2 Å². The molecule has 1 N–H and O–H groups in total. The van der Waals surface area contributed by atoms with Crippen LogP contribution in [-0.4, -0.2) is 9.97 Å². The molecule has 136 valence electrons. The summed E-state index contributed by atoms with van der Waals surface area (Å²) in [5.74, 6) is 1.31. The smallest absolute Gasteiger partial charge is 0.365 e. The van der Waals surface area contributed by atoms with Crippen molar-refractivity contribution in [3.63, 3.8) is 0 Å². The molecular weight excluding hydrogens is 339 g/mol. The maximum absolute atomic E-state index is 12.9. The van der Waals surface area contributed by atoms with Crippen molar-refractivity contribution in [2.45, 2.75) is 38.9 Å². The fourth-order valence-corrected chi connectivity index (χ4v) is 2.59. The molecule has 3 nitrogen and oxygen atoms in total. The van der Waals surface area contributed by atoms with Crippen molar-refractivity contribution in [1.29, 1.82) is 0 Å². The third-order valence-corrected chi connectivity index (χ3v) is 3.99. The summed E-state index contributed by atoms with van der Waals surface area (Å²) in [5, 5.41) is 4.02. The molecule has 0 amide bonds. The van der Waals surface area contributed by atoms with E-state index in [2.05, 4.69) is 15.3 Å². The summed E-state index contributed by atoms with van der Waals surface area (Å²) >= 11 is 0. The van der Waals surface area contributed by atoms with E-state index in [0.717, 1.165) is 23.0 Å². The summed E-state index contributed by atoms with van der Waals surface area (Å²) in [6, 6.07) is 12.9. The molecular formula is C20H20F3N3. The van der Waals surface area contributed by atoms with Crippen LogP contribution in [0.3, 0.4) is 0 Å². The fourth-order valence-electron chi connectivity index (χ4n) is 2.59. The van der Waals surface area contributed by atoms with Gasteiger partial charge in [-0.25, -0.2) is 9.97 Å². The number of benzene rings is 2. The van der Waals surface area contributed by atoms with Gasteiger partial charge in [0, 0.05) is 17.3 Å². The Kier molecular flexibility index (Phi) is 4.61. The lowest BCUT2D eigenvalue weighted by molar-refractivity contribution is -0.137. The van der Waals surface area contributed by atoms with Crippen molar-refractivity contribution in [3.8, 4) is 0 Å². The van der Waals surface area contributed by atoms with E-state index in [1.807, 2.05) is 45.0 Å². The standard InChI is InChI=1S/C20H20F3N3/c1-19(2,3)18-25-16-10-5-4-9-15(16)17(26-18)24-12-13-7-6-8-14(11-13)20(21,22)23/h4-11H,12H2,1-3H3,(H,24,25,26). The highest BCUT2D eigenvalue weighted by Crippen LogP contribution is 2.30. The lowest BCUT2D eigenvalue weighted by Crippen LogP contribution is -2.17. The second kappa shape index (κ2) is 6.59. The Balaban J connectivity index is 1.94. The molecule has 0 fully saturated rings. The van der Waals surface area contributed by atoms with Crippen LogP contribution in [0.5, 0.6) is 0 Å². The van der Waals surface area contributed by atoms with E-state index in [1.54, 1.807) is 6.07 Å². The van der Waals surface area contributed by atoms with Crippen LogP contribution in [0.4, 0.5) is 19.0 Å². The zero-order valence-corrected chi connectivity index (χ0v) is 14.9. The topological polar surface area (TPSA) is 37.8 Å². The zero-order valence-electron chi connectivity index (χ0n) is 14.9. The molecule has 0 aliphatic heterocycles. The van der Waals surface area contributed by atoms with Gasteiger partial charge in [0.2, 0.25) is 0 Å². The van der Waals surface area contributed by atoms with Gasteiger partial charge in [-0.3, -0.25) is 0 Å². The molecule has 0 saturated heterocycles. The number of rotatable bonds is 3. The highest BCUT2D eigenvalue weighted by Gasteiger charge is 2.30. The van der Waals surface area contributed by atoms with Crippen molar-refractivity contribution in [2.24, 2.45) is 0 Å². The summed E-state index contributed by atoms with van der Waals surface area (Å²) in [5.41, 5.74) is 0.454. The highest BCUT2D eigenvalue weighted by atomic mass is 19.4. The molecule has 0 atom stereocenters. The quantitative estimate of drug-likeness (QED) is 0.665. The zero-order chi connectivity index (χ0) is 18.9. The number of aromatic nitrogens is 2. The van der Waals surface area contributed by atoms with Gasteiger partial charge in [-0.05, 0) is 29.8 Å². The first kappa shape index (κ1) is 18.2. The van der Waals surface area contributed by atoms with Crippen LogP contribution in [0.1, 0.15) is 37.7 Å². The van der Waals surface area contributed by atoms with E-state index < -0.39 is 11.7 Å². The minimum atomic E-state index is -4.35. The number of hydrogen-bond donors (Lipinski definition) is 1. The van der Waals surface area contributed by atoms with Gasteiger partial charge in [0.05, 0.1) is 11.1 Å². The second-order valence-electron chi connectivity index (χ2n) is 7.21. The summed E-state index contributed by atoms with van der Waals surface area (Å²) in [4.78, 5) is 9.22. The summed E-state index contributed by atoms with van der Waals surface area (Å²) < 4.78 is 38.6. The van der Waals surface area contributed by atoms with Crippen LogP contribution in [0, 0.1) is 0 Å². The molecule has 0 unspecified atom stereocenters. The average molecular weight is 359 g/mol. The van der Waals surface area contributed by atoms with Gasteiger partial charge in [0.25, 0.3) is 0 Å². The number of halogens is 3. The van der Waals surface area contributed by atoms with E-state index >= 15 is 0 Å². The molecule has 26 heavy (non-hydrogen) atoms. The predicted octanol–water partition coefficient (Wildman–Crippen LogP) is 5.56. The normalized spacial score (nSPS) is 12.4. The van der Waals surface area contributed by atoms with Crippen molar-refractivity contribution < 1.29 is 13.2 Å². The van der Waals surface area contributed by atoms with Crippen LogP contribution in [-0.2, 0) is 18.1 Å². The predicted molar refractivity (Wildman–Crippen MR) is 97.0 cm³/mol. The van der Waals surface area contributed by atoms with Gasteiger partial charge in [-0.1, -0.05) is 45.0 Å². The molecule has 2 aromatic carbocycles. The van der Waals surface area contributed by atoms with Gasteiger partial charge in [0.1, 0.15) is 11.6 Å². The number of fused-ring (bicyclic) bond motifs is 1. The SMILES string of the molecule is CC(C)(C)c1nc(NCc2cccc(C(F)(F)F)c2)c2ccccc2n1. The number of alkyl halides is 3. The minimum Gasteiger partial charge on any atom is -0.365 e. The highest BCUT2D eigenvalue weighted by molar-refractivity contribution is 5.89. The molecule has 3 aromatic rings. The molecule has 0 aliphatic carbocycles.